The van der Waals surface area contributed by atoms with Gasteiger partial charge in [-0.3, -0.25) is 4.90 Å². The van der Waals surface area contributed by atoms with E-state index in [9.17, 15) is 0 Å². The molecule has 1 saturated heterocycles. The quantitative estimate of drug-likeness (QED) is 0.761. The fourth-order valence-corrected chi connectivity index (χ4v) is 3.51. The highest BCUT2D eigenvalue weighted by Crippen LogP contribution is 2.22. The molecule has 2 heteroatoms. The van der Waals surface area contributed by atoms with Crippen LogP contribution >= 0.6 is 15.9 Å². The summed E-state index contributed by atoms with van der Waals surface area (Å²) in [5.74, 6) is 0.903. The zero-order valence-corrected chi connectivity index (χ0v) is 12.5. The first-order valence-corrected chi connectivity index (χ1v) is 7.65. The third-order valence-electron chi connectivity index (χ3n) is 3.57. The summed E-state index contributed by atoms with van der Waals surface area (Å²) in [6.07, 6.45) is 2.69. The van der Waals surface area contributed by atoms with Crippen molar-refractivity contribution in [3.05, 3.63) is 34.9 Å². The molecule has 1 heterocycles. The van der Waals surface area contributed by atoms with Gasteiger partial charge in [0.1, 0.15) is 0 Å². The molecule has 94 valence electrons. The van der Waals surface area contributed by atoms with Crippen molar-refractivity contribution in [3.8, 4) is 0 Å². The highest BCUT2D eigenvalue weighted by molar-refractivity contribution is 9.09. The first kappa shape index (κ1) is 13.1. The zero-order chi connectivity index (χ0) is 12.3. The number of rotatable bonds is 4. The van der Waals surface area contributed by atoms with Crippen LogP contribution in [-0.2, 0) is 6.54 Å². The van der Waals surface area contributed by atoms with E-state index in [4.69, 9.17) is 0 Å². The van der Waals surface area contributed by atoms with Gasteiger partial charge in [-0.25, -0.2) is 0 Å². The number of aryl methyl sites for hydroxylation is 2. The van der Waals surface area contributed by atoms with Crippen molar-refractivity contribution in [2.45, 2.75) is 33.2 Å². The summed E-state index contributed by atoms with van der Waals surface area (Å²) in [6.45, 7) is 8.05. The van der Waals surface area contributed by atoms with E-state index in [0.29, 0.717) is 0 Å². The molecule has 0 spiro atoms. The molecule has 1 nitrogen and oxygen atoms in total. The Morgan fingerprint density at radius 3 is 2.59 bits per heavy atom. The van der Waals surface area contributed by atoms with Crippen LogP contribution in [0.1, 0.15) is 29.5 Å². The second-order valence-corrected chi connectivity index (χ2v) is 6.16. The molecule has 1 aromatic carbocycles. The van der Waals surface area contributed by atoms with Crippen LogP contribution in [0.25, 0.3) is 0 Å². The summed E-state index contributed by atoms with van der Waals surface area (Å²) >= 11 is 3.55. The van der Waals surface area contributed by atoms with E-state index in [1.165, 1.54) is 42.6 Å². The number of benzene rings is 1. The van der Waals surface area contributed by atoms with Crippen molar-refractivity contribution in [2.24, 2.45) is 5.92 Å². The Balaban J connectivity index is 1.93. The maximum Gasteiger partial charge on any atom is 0.0234 e. The van der Waals surface area contributed by atoms with Crippen LogP contribution in [0.4, 0.5) is 0 Å². The van der Waals surface area contributed by atoms with Gasteiger partial charge in [-0.05, 0) is 44.7 Å². The number of likely N-dealkylation sites (tertiary alicyclic amines) is 1. The number of alkyl halides is 1. The van der Waals surface area contributed by atoms with Gasteiger partial charge in [0, 0.05) is 18.4 Å². The number of halogens is 1. The predicted molar refractivity (Wildman–Crippen MR) is 77.7 cm³/mol. The van der Waals surface area contributed by atoms with Crippen molar-refractivity contribution < 1.29 is 0 Å². The van der Waals surface area contributed by atoms with E-state index in [1.807, 2.05) is 0 Å². The fourth-order valence-electron chi connectivity index (χ4n) is 2.86. The van der Waals surface area contributed by atoms with E-state index in [0.717, 1.165) is 17.8 Å². The Morgan fingerprint density at radius 1 is 1.24 bits per heavy atom. The van der Waals surface area contributed by atoms with Gasteiger partial charge in [-0.15, -0.1) is 0 Å². The normalized spacial score (nSPS) is 21.0. The van der Waals surface area contributed by atoms with Gasteiger partial charge in [0.2, 0.25) is 0 Å². The average Bonchev–Trinajstić information content (AvgIpc) is 2.64. The molecular formula is C15H22BrN. The van der Waals surface area contributed by atoms with Crippen LogP contribution < -0.4 is 0 Å². The lowest BCUT2D eigenvalue weighted by Crippen LogP contribution is -2.20. The van der Waals surface area contributed by atoms with E-state index in [-0.39, 0.29) is 0 Å². The molecule has 1 fully saturated rings. The third kappa shape index (κ3) is 3.82. The highest BCUT2D eigenvalue weighted by Gasteiger charge is 2.21. The number of hydrogen-bond acceptors (Lipinski definition) is 1. The summed E-state index contributed by atoms with van der Waals surface area (Å²) in [5, 5.41) is 1.15. The third-order valence-corrected chi connectivity index (χ3v) is 4.03. The molecule has 17 heavy (non-hydrogen) atoms. The van der Waals surface area contributed by atoms with Crippen molar-refractivity contribution in [1.29, 1.82) is 0 Å². The first-order chi connectivity index (χ1) is 8.17. The van der Waals surface area contributed by atoms with Crippen LogP contribution in [0.15, 0.2) is 18.2 Å². The smallest absolute Gasteiger partial charge is 0.0234 e. The molecule has 1 atom stereocenters. The predicted octanol–water partition coefficient (Wildman–Crippen LogP) is 3.91. The van der Waals surface area contributed by atoms with Gasteiger partial charge in [-0.1, -0.05) is 45.3 Å². The largest absolute Gasteiger partial charge is 0.299 e. The lowest BCUT2D eigenvalue weighted by molar-refractivity contribution is 0.315. The summed E-state index contributed by atoms with van der Waals surface area (Å²) in [7, 11) is 0. The molecule has 1 aliphatic rings. The molecule has 1 aliphatic heterocycles. The van der Waals surface area contributed by atoms with E-state index >= 15 is 0 Å². The topological polar surface area (TPSA) is 3.24 Å². The summed E-state index contributed by atoms with van der Waals surface area (Å²) in [5.41, 5.74) is 4.24. The maximum atomic E-state index is 3.55. The lowest BCUT2D eigenvalue weighted by Gasteiger charge is -2.16. The minimum Gasteiger partial charge on any atom is -0.299 e. The van der Waals surface area contributed by atoms with E-state index < -0.39 is 0 Å². The standard InChI is InChI=1S/C15H22BrN/c1-12-7-13(2)9-15(8-12)11-17-6-4-14(10-17)3-5-16/h7-9,14H,3-6,10-11H2,1-2H3. The maximum absolute atomic E-state index is 3.55. The van der Waals surface area contributed by atoms with Crippen LogP contribution in [0.2, 0.25) is 0 Å². The summed E-state index contributed by atoms with van der Waals surface area (Å²) in [4.78, 5) is 2.60. The molecule has 2 rings (SSSR count). The van der Waals surface area contributed by atoms with Crippen molar-refractivity contribution in [2.75, 3.05) is 18.4 Å². The molecule has 0 amide bonds. The second-order valence-electron chi connectivity index (χ2n) is 5.36. The van der Waals surface area contributed by atoms with Gasteiger partial charge >= 0.3 is 0 Å². The first-order valence-electron chi connectivity index (χ1n) is 6.53. The fraction of sp³-hybridized carbons (Fsp3) is 0.600. The van der Waals surface area contributed by atoms with Gasteiger partial charge < -0.3 is 0 Å². The SMILES string of the molecule is Cc1cc(C)cc(CN2CCC(CCBr)C2)c1. The molecule has 0 aromatic heterocycles. The van der Waals surface area contributed by atoms with Crippen molar-refractivity contribution >= 4 is 15.9 Å². The van der Waals surface area contributed by atoms with Gasteiger partial charge in [0.25, 0.3) is 0 Å². The highest BCUT2D eigenvalue weighted by atomic mass is 79.9. The van der Waals surface area contributed by atoms with Crippen LogP contribution in [-0.4, -0.2) is 23.3 Å². The summed E-state index contributed by atoms with van der Waals surface area (Å²) < 4.78 is 0. The van der Waals surface area contributed by atoms with Gasteiger partial charge in [0.15, 0.2) is 0 Å². The Morgan fingerprint density at radius 2 is 1.94 bits per heavy atom. The van der Waals surface area contributed by atoms with Crippen LogP contribution in [0.3, 0.4) is 0 Å². The molecular weight excluding hydrogens is 274 g/mol. The zero-order valence-electron chi connectivity index (χ0n) is 10.9. The van der Waals surface area contributed by atoms with Crippen molar-refractivity contribution in [1.82, 2.24) is 4.90 Å². The number of nitrogens with zero attached hydrogens (tertiary/aromatic N) is 1. The lowest BCUT2D eigenvalue weighted by atomic mass is 10.1. The minimum absolute atomic E-state index is 0.903. The van der Waals surface area contributed by atoms with E-state index in [1.54, 1.807) is 0 Å². The average molecular weight is 296 g/mol. The number of hydrogen-bond donors (Lipinski definition) is 0. The molecule has 1 aromatic rings. The van der Waals surface area contributed by atoms with Crippen LogP contribution in [0, 0.1) is 19.8 Å². The van der Waals surface area contributed by atoms with Gasteiger partial charge in [-0.2, -0.15) is 0 Å². The van der Waals surface area contributed by atoms with Gasteiger partial charge in [0.05, 0.1) is 0 Å². The Labute approximate surface area is 113 Å². The molecule has 0 radical (unpaired) electrons. The minimum atomic E-state index is 0.903. The Kier molecular flexibility index (Phi) is 4.63. The second kappa shape index (κ2) is 6.01. The molecule has 0 N–H and O–H groups in total. The van der Waals surface area contributed by atoms with Crippen molar-refractivity contribution in [3.63, 3.8) is 0 Å². The molecule has 0 saturated carbocycles. The molecule has 0 bridgehead atoms. The van der Waals surface area contributed by atoms with Crippen LogP contribution in [0.5, 0.6) is 0 Å². The van der Waals surface area contributed by atoms with E-state index in [2.05, 4.69) is 52.9 Å². The summed E-state index contributed by atoms with van der Waals surface area (Å²) in [6, 6.07) is 6.90. The molecule has 1 unspecified atom stereocenters. The molecule has 0 aliphatic carbocycles. The Hall–Kier alpha value is -0.340. The monoisotopic (exact) mass is 295 g/mol. The Bertz CT molecular complexity index is 355.